The Morgan fingerprint density at radius 1 is 1.14 bits per heavy atom. The molecule has 4 nitrogen and oxygen atoms in total. The van der Waals surface area contributed by atoms with Gasteiger partial charge < -0.3 is 4.74 Å². The first-order valence-electron chi connectivity index (χ1n) is 6.08. The molecule has 0 fully saturated rings. The van der Waals surface area contributed by atoms with E-state index in [0.29, 0.717) is 27.4 Å². The Kier molecular flexibility index (Phi) is 3.93. The van der Waals surface area contributed by atoms with E-state index in [-0.39, 0.29) is 5.88 Å². The normalized spacial score (nSPS) is 11.0. The predicted octanol–water partition coefficient (Wildman–Crippen LogP) is 4.47. The highest BCUT2D eigenvalue weighted by molar-refractivity contribution is 6.35. The van der Waals surface area contributed by atoms with E-state index in [9.17, 15) is 0 Å². The molecule has 0 bridgehead atoms. The lowest BCUT2D eigenvalue weighted by Crippen LogP contribution is -2.01. The van der Waals surface area contributed by atoms with Gasteiger partial charge in [0.1, 0.15) is 11.3 Å². The lowest BCUT2D eigenvalue weighted by molar-refractivity contribution is 0.399. The second-order valence-corrected chi connectivity index (χ2v) is 5.40. The summed E-state index contributed by atoms with van der Waals surface area (Å²) >= 11 is 18.2. The average Bonchev–Trinajstić information content (AvgIpc) is 2.84. The lowest BCUT2D eigenvalue weighted by Gasteiger charge is -2.10. The largest absolute Gasteiger partial charge is 0.481 e. The summed E-state index contributed by atoms with van der Waals surface area (Å²) in [7, 11) is 1.56. The van der Waals surface area contributed by atoms with Crippen LogP contribution in [0.15, 0.2) is 30.3 Å². The van der Waals surface area contributed by atoms with E-state index < -0.39 is 0 Å². The number of halogens is 3. The summed E-state index contributed by atoms with van der Waals surface area (Å²) in [6, 6.07) is 8.82. The quantitative estimate of drug-likeness (QED) is 0.659. The molecule has 0 atom stereocenters. The molecule has 0 saturated carbocycles. The molecule has 108 valence electrons. The van der Waals surface area contributed by atoms with Gasteiger partial charge in [-0.1, -0.05) is 23.2 Å². The number of hydrogen-bond acceptors (Lipinski definition) is 3. The fourth-order valence-electron chi connectivity index (χ4n) is 2.11. The summed E-state index contributed by atoms with van der Waals surface area (Å²) < 4.78 is 6.98. The van der Waals surface area contributed by atoms with E-state index in [2.05, 4.69) is 9.97 Å². The van der Waals surface area contributed by atoms with Crippen molar-refractivity contribution in [3.63, 3.8) is 0 Å². The van der Waals surface area contributed by atoms with Gasteiger partial charge >= 0.3 is 0 Å². The molecule has 2 heterocycles. The number of nitrogens with zero attached hydrogens (tertiary/aromatic N) is 3. The van der Waals surface area contributed by atoms with Crippen molar-refractivity contribution in [2.75, 3.05) is 7.11 Å². The average molecular weight is 343 g/mol. The van der Waals surface area contributed by atoms with Crippen LogP contribution in [-0.4, -0.2) is 21.6 Å². The highest BCUT2D eigenvalue weighted by Crippen LogP contribution is 2.29. The Bertz CT molecular complexity index is 817. The number of imidazole rings is 1. The van der Waals surface area contributed by atoms with Gasteiger partial charge in [-0.25, -0.2) is 4.98 Å². The zero-order chi connectivity index (χ0) is 15.0. The van der Waals surface area contributed by atoms with E-state index in [1.165, 1.54) is 0 Å². The van der Waals surface area contributed by atoms with Gasteiger partial charge in [0.2, 0.25) is 5.88 Å². The molecular formula is C14H10Cl3N3O. The van der Waals surface area contributed by atoms with Gasteiger partial charge in [-0.05, 0) is 24.3 Å². The molecule has 0 N–H and O–H groups in total. The molecular weight excluding hydrogens is 333 g/mol. The summed E-state index contributed by atoms with van der Waals surface area (Å²) in [6.45, 7) is 0. The second-order valence-electron chi connectivity index (χ2n) is 4.29. The van der Waals surface area contributed by atoms with Crippen molar-refractivity contribution in [2.45, 2.75) is 5.88 Å². The molecule has 3 rings (SSSR count). The summed E-state index contributed by atoms with van der Waals surface area (Å²) in [5.41, 5.74) is 2.08. The van der Waals surface area contributed by atoms with Gasteiger partial charge in [0, 0.05) is 11.1 Å². The third-order valence-corrected chi connectivity index (χ3v) is 3.80. The molecule has 0 radical (unpaired) electrons. The Morgan fingerprint density at radius 2 is 1.95 bits per heavy atom. The lowest BCUT2D eigenvalue weighted by atomic mass is 10.3. The second kappa shape index (κ2) is 5.72. The van der Waals surface area contributed by atoms with Crippen molar-refractivity contribution in [3.05, 3.63) is 46.2 Å². The standard InChI is InChI=1S/C14H10Cl3N3O/c1-21-13-5-3-10-14(19-13)20(12(7-15)18-10)11-4-2-8(16)6-9(11)17/h2-6H,7H2,1H3. The third kappa shape index (κ3) is 2.55. The number of ether oxygens (including phenoxy) is 1. The van der Waals surface area contributed by atoms with Crippen molar-refractivity contribution in [1.82, 2.24) is 14.5 Å². The van der Waals surface area contributed by atoms with Crippen LogP contribution in [0.4, 0.5) is 0 Å². The van der Waals surface area contributed by atoms with E-state index in [1.54, 1.807) is 25.3 Å². The minimum Gasteiger partial charge on any atom is -0.481 e. The summed E-state index contributed by atoms with van der Waals surface area (Å²) in [6.07, 6.45) is 0. The number of pyridine rings is 1. The van der Waals surface area contributed by atoms with Crippen LogP contribution in [0.3, 0.4) is 0 Å². The molecule has 0 aliphatic carbocycles. The summed E-state index contributed by atoms with van der Waals surface area (Å²) in [4.78, 5) is 8.90. The number of methoxy groups -OCH3 is 1. The number of fused-ring (bicyclic) bond motifs is 1. The van der Waals surface area contributed by atoms with Crippen molar-refractivity contribution in [2.24, 2.45) is 0 Å². The van der Waals surface area contributed by atoms with E-state index >= 15 is 0 Å². The fraction of sp³-hybridized carbons (Fsp3) is 0.143. The van der Waals surface area contributed by atoms with Crippen LogP contribution in [0.1, 0.15) is 5.82 Å². The maximum absolute atomic E-state index is 6.29. The Morgan fingerprint density at radius 3 is 2.62 bits per heavy atom. The molecule has 0 saturated heterocycles. The molecule has 2 aromatic heterocycles. The monoisotopic (exact) mass is 341 g/mol. The minimum absolute atomic E-state index is 0.234. The smallest absolute Gasteiger partial charge is 0.215 e. The summed E-state index contributed by atoms with van der Waals surface area (Å²) in [5.74, 6) is 1.38. The van der Waals surface area contributed by atoms with Crippen LogP contribution in [-0.2, 0) is 5.88 Å². The Hall–Kier alpha value is -1.49. The van der Waals surface area contributed by atoms with Gasteiger partial charge in [0.05, 0.1) is 23.7 Å². The molecule has 21 heavy (non-hydrogen) atoms. The predicted molar refractivity (Wildman–Crippen MR) is 85.0 cm³/mol. The van der Waals surface area contributed by atoms with Crippen LogP contribution in [0, 0.1) is 0 Å². The fourth-order valence-corrected chi connectivity index (χ4v) is 2.78. The van der Waals surface area contributed by atoms with Crippen LogP contribution in [0.5, 0.6) is 5.88 Å². The zero-order valence-electron chi connectivity index (χ0n) is 11.0. The first-order chi connectivity index (χ1) is 10.1. The minimum atomic E-state index is 0.234. The van der Waals surface area contributed by atoms with Gasteiger partial charge in [0.15, 0.2) is 5.65 Å². The van der Waals surface area contributed by atoms with Crippen LogP contribution >= 0.6 is 34.8 Å². The molecule has 0 aliphatic rings. The third-order valence-electron chi connectivity index (χ3n) is 3.03. The Labute approximate surface area is 136 Å². The highest BCUT2D eigenvalue weighted by Gasteiger charge is 2.16. The zero-order valence-corrected chi connectivity index (χ0v) is 13.2. The van der Waals surface area contributed by atoms with Crippen LogP contribution in [0.25, 0.3) is 16.9 Å². The van der Waals surface area contributed by atoms with Crippen molar-refractivity contribution in [1.29, 1.82) is 0 Å². The number of rotatable bonds is 3. The van der Waals surface area contributed by atoms with Crippen molar-refractivity contribution >= 4 is 46.0 Å². The van der Waals surface area contributed by atoms with Crippen molar-refractivity contribution < 1.29 is 4.74 Å². The van der Waals surface area contributed by atoms with Gasteiger partial charge in [-0.2, -0.15) is 4.98 Å². The maximum atomic E-state index is 6.29. The number of benzene rings is 1. The molecule has 0 unspecified atom stereocenters. The summed E-state index contributed by atoms with van der Waals surface area (Å²) in [5, 5.41) is 1.06. The maximum Gasteiger partial charge on any atom is 0.215 e. The van der Waals surface area contributed by atoms with Crippen molar-refractivity contribution in [3.8, 4) is 11.6 Å². The first-order valence-corrected chi connectivity index (χ1v) is 7.37. The first kappa shape index (κ1) is 14.4. The van der Waals surface area contributed by atoms with Gasteiger partial charge in [-0.3, -0.25) is 4.57 Å². The molecule has 3 aromatic rings. The molecule has 7 heteroatoms. The van der Waals surface area contributed by atoms with E-state index in [1.807, 2.05) is 16.7 Å². The molecule has 0 aliphatic heterocycles. The number of aromatic nitrogens is 3. The van der Waals surface area contributed by atoms with E-state index in [0.717, 1.165) is 11.2 Å². The number of alkyl halides is 1. The molecule has 0 amide bonds. The van der Waals surface area contributed by atoms with Gasteiger partial charge in [0.25, 0.3) is 0 Å². The topological polar surface area (TPSA) is 39.9 Å². The molecule has 0 spiro atoms. The van der Waals surface area contributed by atoms with Crippen LogP contribution < -0.4 is 4.74 Å². The molecule has 1 aromatic carbocycles. The van der Waals surface area contributed by atoms with E-state index in [4.69, 9.17) is 39.5 Å². The number of hydrogen-bond donors (Lipinski definition) is 0. The highest BCUT2D eigenvalue weighted by atomic mass is 35.5. The van der Waals surface area contributed by atoms with Gasteiger partial charge in [-0.15, -0.1) is 11.6 Å². The Balaban J connectivity index is 2.33. The SMILES string of the molecule is COc1ccc2nc(CCl)n(-c3ccc(Cl)cc3Cl)c2n1. The van der Waals surface area contributed by atoms with Crippen LogP contribution in [0.2, 0.25) is 10.0 Å².